The van der Waals surface area contributed by atoms with Gasteiger partial charge in [0.25, 0.3) is 0 Å². The zero-order chi connectivity index (χ0) is 9.03. The molecule has 0 atom stereocenters. The van der Waals surface area contributed by atoms with Gasteiger partial charge in [0.05, 0.1) is 20.1 Å². The lowest BCUT2D eigenvalue weighted by molar-refractivity contribution is -0.907. The van der Waals surface area contributed by atoms with E-state index < -0.39 is 0 Å². The Morgan fingerprint density at radius 1 is 1.25 bits per heavy atom. The first kappa shape index (κ1) is 9.61. The number of rotatable bonds is 2. The highest BCUT2D eigenvalue weighted by molar-refractivity contribution is 4.95. The minimum Gasteiger partial charge on any atom is -0.316 e. The third-order valence-corrected chi connectivity index (χ3v) is 2.98. The van der Waals surface area contributed by atoms with E-state index in [1.54, 1.807) is 0 Å². The quantitative estimate of drug-likeness (QED) is 0.435. The van der Waals surface area contributed by atoms with Gasteiger partial charge in [0, 0.05) is 0 Å². The van der Waals surface area contributed by atoms with Crippen LogP contribution in [0.2, 0.25) is 0 Å². The van der Waals surface area contributed by atoms with Crippen LogP contribution in [0.3, 0.4) is 0 Å². The van der Waals surface area contributed by atoms with Gasteiger partial charge in [0.15, 0.2) is 0 Å². The second-order valence-electron chi connectivity index (χ2n) is 4.30. The summed E-state index contributed by atoms with van der Waals surface area (Å²) in [5, 5.41) is 0. The zero-order valence-electron chi connectivity index (χ0n) is 8.56. The Morgan fingerprint density at radius 3 is 2.33 bits per heavy atom. The topological polar surface area (TPSA) is 0 Å². The maximum atomic E-state index is 3.19. The fourth-order valence-corrected chi connectivity index (χ4v) is 2.02. The van der Waals surface area contributed by atoms with Crippen molar-refractivity contribution in [2.24, 2.45) is 0 Å². The first-order chi connectivity index (χ1) is 5.67. The third-order valence-electron chi connectivity index (χ3n) is 2.98. The van der Waals surface area contributed by atoms with Crippen LogP contribution in [0.4, 0.5) is 0 Å². The molecule has 0 aromatic heterocycles. The molecular formula is C11H20N+. The summed E-state index contributed by atoms with van der Waals surface area (Å²) >= 11 is 0. The Labute approximate surface area is 76.4 Å². The van der Waals surface area contributed by atoms with Crippen molar-refractivity contribution in [3.63, 3.8) is 0 Å². The normalized spacial score (nSPS) is 18.9. The molecule has 0 bridgehead atoms. The second kappa shape index (κ2) is 3.96. The van der Waals surface area contributed by atoms with Gasteiger partial charge < -0.3 is 4.48 Å². The van der Waals surface area contributed by atoms with Gasteiger partial charge in [-0.1, -0.05) is 0 Å². The van der Waals surface area contributed by atoms with E-state index in [1.807, 2.05) is 6.92 Å². The maximum absolute atomic E-state index is 3.19. The van der Waals surface area contributed by atoms with E-state index in [2.05, 4.69) is 25.9 Å². The van der Waals surface area contributed by atoms with Gasteiger partial charge in [-0.05, 0) is 38.5 Å². The van der Waals surface area contributed by atoms with Gasteiger partial charge >= 0.3 is 0 Å². The molecule has 68 valence electrons. The highest BCUT2D eigenvalue weighted by Gasteiger charge is 2.29. The predicted octanol–water partition coefficient (Wildman–Crippen LogP) is 2.03. The molecule has 1 aliphatic rings. The maximum Gasteiger partial charge on any atom is 0.140 e. The largest absolute Gasteiger partial charge is 0.316 e. The van der Waals surface area contributed by atoms with Gasteiger partial charge in [-0.25, -0.2) is 0 Å². The number of nitrogens with zero attached hydrogens (tertiary/aromatic N) is 1. The van der Waals surface area contributed by atoms with Crippen molar-refractivity contribution >= 4 is 0 Å². The van der Waals surface area contributed by atoms with E-state index in [4.69, 9.17) is 0 Å². The number of hydrogen-bond donors (Lipinski definition) is 0. The Kier molecular flexibility index (Phi) is 3.17. The Hall–Kier alpha value is -0.480. The van der Waals surface area contributed by atoms with E-state index in [-0.39, 0.29) is 0 Å². The van der Waals surface area contributed by atoms with E-state index in [9.17, 15) is 0 Å². The highest BCUT2D eigenvalue weighted by Crippen LogP contribution is 2.26. The Balaban J connectivity index is 2.48. The van der Waals surface area contributed by atoms with Crippen LogP contribution in [0, 0.1) is 11.8 Å². The van der Waals surface area contributed by atoms with Crippen molar-refractivity contribution in [3.8, 4) is 11.8 Å². The molecule has 1 nitrogen and oxygen atoms in total. The predicted molar refractivity (Wildman–Crippen MR) is 52.7 cm³/mol. The van der Waals surface area contributed by atoms with Crippen molar-refractivity contribution in [1.29, 1.82) is 0 Å². The summed E-state index contributed by atoms with van der Waals surface area (Å²) in [6.45, 7) is 2.94. The second-order valence-corrected chi connectivity index (χ2v) is 4.30. The smallest absolute Gasteiger partial charge is 0.140 e. The van der Waals surface area contributed by atoms with E-state index >= 15 is 0 Å². The van der Waals surface area contributed by atoms with Crippen LogP contribution in [-0.4, -0.2) is 31.2 Å². The minimum absolute atomic E-state index is 0.867. The zero-order valence-corrected chi connectivity index (χ0v) is 8.56. The molecule has 1 heteroatoms. The van der Waals surface area contributed by atoms with Gasteiger partial charge in [0.1, 0.15) is 6.54 Å². The molecule has 1 aliphatic carbocycles. The Morgan fingerprint density at radius 2 is 1.83 bits per heavy atom. The molecule has 12 heavy (non-hydrogen) atoms. The van der Waals surface area contributed by atoms with Crippen molar-refractivity contribution in [1.82, 2.24) is 0 Å². The highest BCUT2D eigenvalue weighted by atomic mass is 15.3. The first-order valence-electron chi connectivity index (χ1n) is 4.89. The first-order valence-corrected chi connectivity index (χ1v) is 4.89. The number of quaternary nitrogens is 1. The van der Waals surface area contributed by atoms with E-state index in [0.717, 1.165) is 17.1 Å². The van der Waals surface area contributed by atoms with Crippen molar-refractivity contribution in [3.05, 3.63) is 0 Å². The van der Waals surface area contributed by atoms with Crippen LogP contribution in [0.5, 0.6) is 0 Å². The molecular weight excluding hydrogens is 146 g/mol. The van der Waals surface area contributed by atoms with Crippen LogP contribution < -0.4 is 0 Å². The summed E-state index contributed by atoms with van der Waals surface area (Å²) in [6, 6.07) is 0.867. The average Bonchev–Trinajstić information content (AvgIpc) is 2.53. The summed E-state index contributed by atoms with van der Waals surface area (Å²) in [7, 11) is 4.61. The third kappa shape index (κ3) is 2.25. The molecule has 0 amide bonds. The molecule has 1 rings (SSSR count). The summed E-state index contributed by atoms with van der Waals surface area (Å²) in [5.74, 6) is 6.17. The molecule has 0 aliphatic heterocycles. The molecule has 0 saturated heterocycles. The summed E-state index contributed by atoms with van der Waals surface area (Å²) in [6.07, 6.45) is 5.65. The fraction of sp³-hybridized carbons (Fsp3) is 0.818. The van der Waals surface area contributed by atoms with Crippen LogP contribution in [0.15, 0.2) is 0 Å². The van der Waals surface area contributed by atoms with E-state index in [1.165, 1.54) is 25.7 Å². The van der Waals surface area contributed by atoms with E-state index in [0.29, 0.717) is 0 Å². The number of hydrogen-bond acceptors (Lipinski definition) is 0. The molecule has 0 spiro atoms. The summed E-state index contributed by atoms with van der Waals surface area (Å²) in [4.78, 5) is 0. The molecule has 0 unspecified atom stereocenters. The van der Waals surface area contributed by atoms with Crippen LogP contribution in [0.1, 0.15) is 32.6 Å². The Bertz CT molecular complexity index is 189. The van der Waals surface area contributed by atoms with Crippen LogP contribution in [-0.2, 0) is 0 Å². The van der Waals surface area contributed by atoms with Crippen LogP contribution in [0.25, 0.3) is 0 Å². The fourth-order valence-electron chi connectivity index (χ4n) is 2.02. The molecule has 1 fully saturated rings. The van der Waals surface area contributed by atoms with Crippen molar-refractivity contribution in [2.45, 2.75) is 38.6 Å². The van der Waals surface area contributed by atoms with Gasteiger partial charge in [-0.2, -0.15) is 0 Å². The molecule has 0 heterocycles. The lowest BCUT2D eigenvalue weighted by atomic mass is 10.2. The molecule has 1 saturated carbocycles. The lowest BCUT2D eigenvalue weighted by Gasteiger charge is -2.34. The summed E-state index contributed by atoms with van der Waals surface area (Å²) in [5.41, 5.74) is 0. The minimum atomic E-state index is 0.867. The monoisotopic (exact) mass is 166 g/mol. The van der Waals surface area contributed by atoms with Crippen molar-refractivity contribution in [2.75, 3.05) is 20.6 Å². The molecule has 0 N–H and O–H groups in total. The molecule has 0 aromatic rings. The molecule has 0 radical (unpaired) electrons. The molecule has 0 aromatic carbocycles. The van der Waals surface area contributed by atoms with Gasteiger partial charge in [0.2, 0.25) is 0 Å². The van der Waals surface area contributed by atoms with Crippen LogP contribution >= 0.6 is 0 Å². The lowest BCUT2D eigenvalue weighted by Crippen LogP contribution is -2.47. The standard InChI is InChI=1S/C11H20N/c1-4-5-10-12(2,3)11-8-6-7-9-11/h11H,6-10H2,1-3H3/q+1. The van der Waals surface area contributed by atoms with Crippen molar-refractivity contribution < 1.29 is 4.48 Å². The average molecular weight is 166 g/mol. The van der Waals surface area contributed by atoms with Gasteiger partial charge in [-0.15, -0.1) is 5.92 Å². The SMILES string of the molecule is CC#CC[N+](C)(C)C1CCCC1. The summed E-state index contributed by atoms with van der Waals surface area (Å²) < 4.78 is 1.10. The van der Waals surface area contributed by atoms with Gasteiger partial charge in [-0.3, -0.25) is 0 Å².